The molecule has 110 valence electrons. The van der Waals surface area contributed by atoms with Crippen LogP contribution in [-0.4, -0.2) is 16.3 Å². The first-order valence-electron chi connectivity index (χ1n) is 7.56. The molecule has 0 spiro atoms. The highest BCUT2D eigenvalue weighted by molar-refractivity contribution is 8.00. The molecule has 2 rings (SSSR count). The van der Waals surface area contributed by atoms with E-state index in [2.05, 4.69) is 38.1 Å². The molecule has 3 unspecified atom stereocenters. The summed E-state index contributed by atoms with van der Waals surface area (Å²) in [6.45, 7) is 4.29. The lowest BCUT2D eigenvalue weighted by Gasteiger charge is -2.33. The predicted molar refractivity (Wildman–Crippen MR) is 84.2 cm³/mol. The highest BCUT2D eigenvalue weighted by Gasteiger charge is 2.35. The van der Waals surface area contributed by atoms with E-state index in [1.807, 2.05) is 0 Å². The predicted octanol–water partition coefficient (Wildman–Crippen LogP) is 4.76. The molecule has 0 saturated heterocycles. The van der Waals surface area contributed by atoms with E-state index in [9.17, 15) is 9.90 Å². The molecule has 1 aromatic carbocycles. The number of hydrogen-bond donors (Lipinski definition) is 1. The second-order valence-corrected chi connectivity index (χ2v) is 7.19. The first-order valence-corrected chi connectivity index (χ1v) is 8.44. The number of rotatable bonds is 5. The van der Waals surface area contributed by atoms with Gasteiger partial charge in [0.05, 0.1) is 5.92 Å². The lowest BCUT2D eigenvalue weighted by atomic mass is 9.80. The van der Waals surface area contributed by atoms with Crippen LogP contribution in [0.1, 0.15) is 44.6 Å². The number of aryl methyl sites for hydroxylation is 1. The Morgan fingerprint density at radius 3 is 2.60 bits per heavy atom. The first-order chi connectivity index (χ1) is 9.60. The number of carboxylic acid groups (broad SMARTS) is 1. The summed E-state index contributed by atoms with van der Waals surface area (Å²) in [5, 5.41) is 9.66. The van der Waals surface area contributed by atoms with Crippen molar-refractivity contribution in [3.63, 3.8) is 0 Å². The Morgan fingerprint density at radius 2 is 2.00 bits per heavy atom. The van der Waals surface area contributed by atoms with E-state index in [4.69, 9.17) is 0 Å². The van der Waals surface area contributed by atoms with Crippen LogP contribution in [0.2, 0.25) is 0 Å². The zero-order valence-corrected chi connectivity index (χ0v) is 13.2. The van der Waals surface area contributed by atoms with Gasteiger partial charge < -0.3 is 5.11 Å². The van der Waals surface area contributed by atoms with Gasteiger partial charge in [-0.15, -0.1) is 11.8 Å². The van der Waals surface area contributed by atoms with Gasteiger partial charge in [0.25, 0.3) is 0 Å². The number of thioether (sulfide) groups is 1. The van der Waals surface area contributed by atoms with Crippen molar-refractivity contribution in [2.24, 2.45) is 11.8 Å². The molecule has 0 bridgehead atoms. The van der Waals surface area contributed by atoms with E-state index in [1.54, 1.807) is 11.8 Å². The van der Waals surface area contributed by atoms with Crippen LogP contribution in [0.5, 0.6) is 0 Å². The quantitative estimate of drug-likeness (QED) is 0.850. The molecule has 0 heterocycles. The number of hydrogen-bond acceptors (Lipinski definition) is 2. The molecule has 1 saturated carbocycles. The Morgan fingerprint density at radius 1 is 1.30 bits per heavy atom. The normalized spacial score (nSPS) is 26.4. The van der Waals surface area contributed by atoms with Gasteiger partial charge >= 0.3 is 5.97 Å². The number of aliphatic carboxylic acids is 1. The Balaban J connectivity index is 2.06. The van der Waals surface area contributed by atoms with E-state index in [1.165, 1.54) is 23.3 Å². The second-order valence-electron chi connectivity index (χ2n) is 5.88. The summed E-state index contributed by atoms with van der Waals surface area (Å²) in [6.07, 6.45) is 5.39. The average molecular weight is 292 g/mol. The topological polar surface area (TPSA) is 37.3 Å². The fraction of sp³-hybridized carbons (Fsp3) is 0.588. The van der Waals surface area contributed by atoms with E-state index in [0.717, 1.165) is 19.3 Å². The minimum absolute atomic E-state index is 0.186. The third-order valence-electron chi connectivity index (χ3n) is 4.22. The smallest absolute Gasteiger partial charge is 0.307 e. The SMILES string of the molecule is CCCC1CCC(C(=O)O)C(Sc2ccc(C)cc2)C1. The Labute approximate surface area is 126 Å². The lowest BCUT2D eigenvalue weighted by Crippen LogP contribution is -2.32. The van der Waals surface area contributed by atoms with Gasteiger partial charge in [-0.05, 0) is 44.2 Å². The maximum atomic E-state index is 11.5. The summed E-state index contributed by atoms with van der Waals surface area (Å²) in [6, 6.07) is 8.43. The van der Waals surface area contributed by atoms with Gasteiger partial charge in [-0.1, -0.05) is 37.5 Å². The summed E-state index contributed by atoms with van der Waals surface area (Å²) >= 11 is 1.76. The molecule has 0 aliphatic heterocycles. The van der Waals surface area contributed by atoms with E-state index in [0.29, 0.717) is 5.92 Å². The van der Waals surface area contributed by atoms with E-state index < -0.39 is 5.97 Å². The summed E-state index contributed by atoms with van der Waals surface area (Å²) in [5.41, 5.74) is 1.25. The van der Waals surface area contributed by atoms with Gasteiger partial charge in [0, 0.05) is 10.1 Å². The highest BCUT2D eigenvalue weighted by Crippen LogP contribution is 2.41. The van der Waals surface area contributed by atoms with Crippen molar-refractivity contribution in [3.05, 3.63) is 29.8 Å². The van der Waals surface area contributed by atoms with Crippen molar-refractivity contribution in [2.45, 2.75) is 56.1 Å². The molecule has 0 radical (unpaired) electrons. The fourth-order valence-electron chi connectivity index (χ4n) is 3.09. The van der Waals surface area contributed by atoms with Gasteiger partial charge in [0.1, 0.15) is 0 Å². The number of benzene rings is 1. The minimum Gasteiger partial charge on any atom is -0.481 e. The average Bonchev–Trinajstić information content (AvgIpc) is 2.42. The second kappa shape index (κ2) is 7.16. The van der Waals surface area contributed by atoms with Crippen LogP contribution in [0.15, 0.2) is 29.2 Å². The monoisotopic (exact) mass is 292 g/mol. The standard InChI is InChI=1S/C17H24O2S/c1-3-4-13-7-10-15(17(18)19)16(11-13)20-14-8-5-12(2)6-9-14/h5-6,8-9,13,15-16H,3-4,7,10-11H2,1-2H3,(H,18,19). The third kappa shape index (κ3) is 4.02. The van der Waals surface area contributed by atoms with Crippen molar-refractivity contribution < 1.29 is 9.90 Å². The largest absolute Gasteiger partial charge is 0.481 e. The summed E-state index contributed by atoms with van der Waals surface area (Å²) in [5.74, 6) is -0.0995. The molecule has 1 N–H and O–H groups in total. The molecule has 1 aliphatic rings. The van der Waals surface area contributed by atoms with Crippen molar-refractivity contribution in [3.8, 4) is 0 Å². The molecule has 1 aromatic rings. The van der Waals surface area contributed by atoms with E-state index >= 15 is 0 Å². The van der Waals surface area contributed by atoms with Crippen molar-refractivity contribution in [2.75, 3.05) is 0 Å². The number of carboxylic acids is 1. The summed E-state index contributed by atoms with van der Waals surface area (Å²) in [4.78, 5) is 12.7. The molecule has 1 aliphatic carbocycles. The van der Waals surface area contributed by atoms with Crippen LogP contribution >= 0.6 is 11.8 Å². The van der Waals surface area contributed by atoms with Gasteiger partial charge in [-0.2, -0.15) is 0 Å². The van der Waals surface area contributed by atoms with Gasteiger partial charge in [-0.25, -0.2) is 0 Å². The lowest BCUT2D eigenvalue weighted by molar-refractivity contribution is -0.142. The zero-order chi connectivity index (χ0) is 14.5. The third-order valence-corrected chi connectivity index (χ3v) is 5.59. The molecular weight excluding hydrogens is 268 g/mol. The number of carbonyl (C=O) groups is 1. The van der Waals surface area contributed by atoms with Crippen LogP contribution in [0.3, 0.4) is 0 Å². The molecule has 3 heteroatoms. The summed E-state index contributed by atoms with van der Waals surface area (Å²) in [7, 11) is 0. The van der Waals surface area contributed by atoms with Crippen LogP contribution in [-0.2, 0) is 4.79 Å². The first kappa shape index (κ1) is 15.4. The van der Waals surface area contributed by atoms with Gasteiger partial charge in [0.15, 0.2) is 0 Å². The Hall–Kier alpha value is -0.960. The summed E-state index contributed by atoms with van der Waals surface area (Å²) < 4.78 is 0. The van der Waals surface area contributed by atoms with Crippen molar-refractivity contribution in [1.82, 2.24) is 0 Å². The van der Waals surface area contributed by atoms with Gasteiger partial charge in [-0.3, -0.25) is 4.79 Å². The van der Waals surface area contributed by atoms with Crippen LogP contribution < -0.4 is 0 Å². The molecule has 1 fully saturated rings. The highest BCUT2D eigenvalue weighted by atomic mass is 32.2. The molecule has 2 nitrogen and oxygen atoms in total. The van der Waals surface area contributed by atoms with Crippen molar-refractivity contribution >= 4 is 17.7 Å². The van der Waals surface area contributed by atoms with Gasteiger partial charge in [0.2, 0.25) is 0 Å². The Kier molecular flexibility index (Phi) is 5.53. The van der Waals surface area contributed by atoms with Crippen LogP contribution in [0, 0.1) is 18.8 Å². The minimum atomic E-state index is -0.621. The molecular formula is C17H24O2S. The van der Waals surface area contributed by atoms with Crippen molar-refractivity contribution in [1.29, 1.82) is 0 Å². The fourth-order valence-corrected chi connectivity index (χ4v) is 4.51. The maximum absolute atomic E-state index is 11.5. The van der Waals surface area contributed by atoms with Crippen LogP contribution in [0.4, 0.5) is 0 Å². The Bertz CT molecular complexity index is 441. The molecule has 0 aromatic heterocycles. The van der Waals surface area contributed by atoms with Crippen LogP contribution in [0.25, 0.3) is 0 Å². The molecule has 0 amide bonds. The molecule has 20 heavy (non-hydrogen) atoms. The zero-order valence-electron chi connectivity index (χ0n) is 12.3. The van der Waals surface area contributed by atoms with E-state index in [-0.39, 0.29) is 11.2 Å². The molecule has 3 atom stereocenters. The maximum Gasteiger partial charge on any atom is 0.307 e.